The molecular weight excluding hydrogens is 152 g/mol. The predicted molar refractivity (Wildman–Crippen MR) is 50.9 cm³/mol. The van der Waals surface area contributed by atoms with E-state index >= 15 is 0 Å². The fourth-order valence-corrected chi connectivity index (χ4v) is 1.37. The number of aliphatic hydroxyl groups is 1. The van der Waals surface area contributed by atoms with E-state index in [0.29, 0.717) is 6.42 Å². The van der Waals surface area contributed by atoms with Gasteiger partial charge in [0.1, 0.15) is 5.60 Å². The summed E-state index contributed by atoms with van der Waals surface area (Å²) in [5.74, 6) is 0. The summed E-state index contributed by atoms with van der Waals surface area (Å²) < 4.78 is 5.36. The summed E-state index contributed by atoms with van der Waals surface area (Å²) >= 11 is 0. The van der Waals surface area contributed by atoms with Crippen molar-refractivity contribution in [3.8, 4) is 0 Å². The highest BCUT2D eigenvalue weighted by Crippen LogP contribution is 2.26. The van der Waals surface area contributed by atoms with Crippen LogP contribution in [0.5, 0.6) is 0 Å². The summed E-state index contributed by atoms with van der Waals surface area (Å²) in [6.45, 7) is 11.1. The summed E-state index contributed by atoms with van der Waals surface area (Å²) in [4.78, 5) is 0. The van der Waals surface area contributed by atoms with E-state index in [9.17, 15) is 5.11 Å². The highest BCUT2D eigenvalue weighted by molar-refractivity contribution is 4.83. The normalized spacial score (nSPS) is 16.8. The van der Waals surface area contributed by atoms with E-state index in [1.807, 2.05) is 13.8 Å². The van der Waals surface area contributed by atoms with Gasteiger partial charge in [0.25, 0.3) is 0 Å². The van der Waals surface area contributed by atoms with Gasteiger partial charge in [0.15, 0.2) is 0 Å². The minimum Gasteiger partial charge on any atom is -0.496 e. The van der Waals surface area contributed by atoms with Crippen LogP contribution < -0.4 is 0 Å². The molecular formula is C10H20O2. The van der Waals surface area contributed by atoms with Gasteiger partial charge in [-0.25, -0.2) is 0 Å². The van der Waals surface area contributed by atoms with Crippen LogP contribution in [0.15, 0.2) is 12.8 Å². The van der Waals surface area contributed by atoms with E-state index in [1.165, 1.54) is 6.26 Å². The Morgan fingerprint density at radius 2 is 1.92 bits per heavy atom. The van der Waals surface area contributed by atoms with Gasteiger partial charge in [0.2, 0.25) is 0 Å². The Bertz CT molecular complexity index is 146. The molecule has 0 radical (unpaired) electrons. The molecule has 0 bridgehead atoms. The van der Waals surface area contributed by atoms with Crippen LogP contribution in [0.4, 0.5) is 0 Å². The molecule has 0 fully saturated rings. The molecule has 0 aromatic carbocycles. The second-order valence-corrected chi connectivity index (χ2v) is 4.08. The fraction of sp³-hybridized carbons (Fsp3) is 0.800. The number of ether oxygens (including phenoxy) is 1. The Morgan fingerprint density at radius 1 is 1.42 bits per heavy atom. The van der Waals surface area contributed by atoms with Crippen molar-refractivity contribution in [2.45, 2.75) is 51.7 Å². The van der Waals surface area contributed by atoms with Crippen LogP contribution in [-0.4, -0.2) is 16.3 Å². The summed E-state index contributed by atoms with van der Waals surface area (Å²) in [5.41, 5.74) is -0.978. The molecule has 1 N–H and O–H groups in total. The molecule has 0 rings (SSSR count). The molecule has 2 nitrogen and oxygen atoms in total. The van der Waals surface area contributed by atoms with Crippen LogP contribution >= 0.6 is 0 Å². The van der Waals surface area contributed by atoms with E-state index in [-0.39, 0.29) is 5.60 Å². The lowest BCUT2D eigenvalue weighted by Crippen LogP contribution is -2.36. The van der Waals surface area contributed by atoms with Crippen LogP contribution in [-0.2, 0) is 4.74 Å². The van der Waals surface area contributed by atoms with E-state index in [4.69, 9.17) is 4.74 Å². The summed E-state index contributed by atoms with van der Waals surface area (Å²) in [7, 11) is 0. The number of hydrogen-bond acceptors (Lipinski definition) is 2. The monoisotopic (exact) mass is 172 g/mol. The number of hydrogen-bond donors (Lipinski definition) is 1. The van der Waals surface area contributed by atoms with Gasteiger partial charge in [-0.15, -0.1) is 0 Å². The van der Waals surface area contributed by atoms with Crippen molar-refractivity contribution < 1.29 is 9.84 Å². The van der Waals surface area contributed by atoms with Crippen molar-refractivity contribution in [1.82, 2.24) is 0 Å². The smallest absolute Gasteiger partial charge is 0.108 e. The minimum atomic E-state index is -0.687. The van der Waals surface area contributed by atoms with Gasteiger partial charge in [0.05, 0.1) is 11.9 Å². The maximum atomic E-state index is 9.60. The average molecular weight is 172 g/mol. The summed E-state index contributed by atoms with van der Waals surface area (Å²) in [5, 5.41) is 9.60. The molecule has 0 aromatic rings. The Hall–Kier alpha value is -0.500. The van der Waals surface area contributed by atoms with Crippen molar-refractivity contribution in [1.29, 1.82) is 0 Å². The topological polar surface area (TPSA) is 29.5 Å². The average Bonchev–Trinajstić information content (AvgIpc) is 1.84. The minimum absolute atomic E-state index is 0.292. The van der Waals surface area contributed by atoms with Crippen molar-refractivity contribution in [3.05, 3.63) is 12.8 Å². The molecule has 1 atom stereocenters. The lowest BCUT2D eigenvalue weighted by Gasteiger charge is -2.33. The molecule has 0 aliphatic heterocycles. The first-order chi connectivity index (χ1) is 5.33. The maximum Gasteiger partial charge on any atom is 0.108 e. The molecule has 0 aromatic heterocycles. The quantitative estimate of drug-likeness (QED) is 0.645. The zero-order chi connectivity index (χ0) is 9.83. The summed E-state index contributed by atoms with van der Waals surface area (Å²) in [6, 6.07) is 0. The molecule has 0 spiro atoms. The Balaban J connectivity index is 4.23. The Labute approximate surface area is 75.2 Å². The zero-order valence-corrected chi connectivity index (χ0v) is 8.55. The van der Waals surface area contributed by atoms with Gasteiger partial charge in [-0.1, -0.05) is 13.5 Å². The lowest BCUT2D eigenvalue weighted by molar-refractivity contribution is -0.0452. The maximum absolute atomic E-state index is 9.60. The van der Waals surface area contributed by atoms with Gasteiger partial charge >= 0.3 is 0 Å². The molecule has 2 heteroatoms. The third-order valence-corrected chi connectivity index (χ3v) is 1.92. The Morgan fingerprint density at radius 3 is 2.17 bits per heavy atom. The van der Waals surface area contributed by atoms with Crippen LogP contribution in [0.1, 0.15) is 40.5 Å². The Kier molecular flexibility index (Phi) is 3.78. The molecule has 1 unspecified atom stereocenters. The first-order valence-electron chi connectivity index (χ1n) is 4.34. The molecule has 72 valence electrons. The highest BCUT2D eigenvalue weighted by atomic mass is 16.5. The highest BCUT2D eigenvalue weighted by Gasteiger charge is 2.30. The molecule has 0 heterocycles. The van der Waals surface area contributed by atoms with Gasteiger partial charge < -0.3 is 9.84 Å². The van der Waals surface area contributed by atoms with E-state index in [1.54, 1.807) is 13.8 Å². The van der Waals surface area contributed by atoms with Gasteiger partial charge in [-0.05, 0) is 27.2 Å². The fourth-order valence-electron chi connectivity index (χ4n) is 1.37. The van der Waals surface area contributed by atoms with E-state index < -0.39 is 5.60 Å². The third kappa shape index (κ3) is 4.39. The largest absolute Gasteiger partial charge is 0.496 e. The van der Waals surface area contributed by atoms with Crippen molar-refractivity contribution in [2.75, 3.05) is 0 Å². The molecule has 0 aliphatic carbocycles. The summed E-state index contributed by atoms with van der Waals surface area (Å²) in [6.07, 6.45) is 2.92. The first kappa shape index (κ1) is 11.5. The van der Waals surface area contributed by atoms with Gasteiger partial charge in [-0.3, -0.25) is 0 Å². The molecule has 0 aliphatic rings. The molecule has 0 saturated heterocycles. The molecule has 0 amide bonds. The SMILES string of the molecule is C=COC(C)(CC)CC(C)(C)O. The molecule has 12 heavy (non-hydrogen) atoms. The number of rotatable bonds is 5. The van der Waals surface area contributed by atoms with Crippen LogP contribution in [0.3, 0.4) is 0 Å². The third-order valence-electron chi connectivity index (χ3n) is 1.92. The predicted octanol–water partition coefficient (Wildman–Crippen LogP) is 2.48. The standard InChI is InChI=1S/C10H20O2/c1-6-10(5,12-7-2)8-9(3,4)11/h7,11H,2,6,8H2,1,3-5H3. The second-order valence-electron chi connectivity index (χ2n) is 4.08. The van der Waals surface area contributed by atoms with Crippen LogP contribution in [0, 0.1) is 0 Å². The molecule has 0 saturated carbocycles. The van der Waals surface area contributed by atoms with Crippen molar-refractivity contribution in [3.63, 3.8) is 0 Å². The van der Waals surface area contributed by atoms with Gasteiger partial charge in [0, 0.05) is 6.42 Å². The van der Waals surface area contributed by atoms with E-state index in [0.717, 1.165) is 6.42 Å². The second kappa shape index (κ2) is 3.94. The zero-order valence-electron chi connectivity index (χ0n) is 8.55. The van der Waals surface area contributed by atoms with Gasteiger partial charge in [-0.2, -0.15) is 0 Å². The van der Waals surface area contributed by atoms with Crippen LogP contribution in [0.2, 0.25) is 0 Å². The van der Waals surface area contributed by atoms with Crippen molar-refractivity contribution in [2.24, 2.45) is 0 Å². The first-order valence-corrected chi connectivity index (χ1v) is 4.34. The van der Waals surface area contributed by atoms with Crippen molar-refractivity contribution >= 4 is 0 Å². The van der Waals surface area contributed by atoms with E-state index in [2.05, 4.69) is 6.58 Å². The lowest BCUT2D eigenvalue weighted by atomic mass is 9.89. The van der Waals surface area contributed by atoms with Crippen LogP contribution in [0.25, 0.3) is 0 Å².